The summed E-state index contributed by atoms with van der Waals surface area (Å²) in [5.41, 5.74) is 2.10. The summed E-state index contributed by atoms with van der Waals surface area (Å²) < 4.78 is 5.95. The third kappa shape index (κ3) is 3.94. The first-order valence-corrected chi connectivity index (χ1v) is 8.06. The second kappa shape index (κ2) is 6.27. The Morgan fingerprint density at radius 1 is 0.875 bits per heavy atom. The van der Waals surface area contributed by atoms with Gasteiger partial charge in [-0.15, -0.1) is 0 Å². The molecule has 0 N–H and O–H groups in total. The highest BCUT2D eigenvalue weighted by Crippen LogP contribution is 2.39. The number of nitrogens with zero attached hydrogens (tertiary/aromatic N) is 1. The fraction of sp³-hybridized carbons (Fsp3) is 0.400. The van der Waals surface area contributed by atoms with Crippen LogP contribution in [0.15, 0.2) is 42.5 Å². The average Bonchev–Trinajstić information content (AvgIpc) is 2.45. The molecule has 128 valence electrons. The van der Waals surface area contributed by atoms with Crippen molar-refractivity contribution in [2.45, 2.75) is 52.4 Å². The predicted octanol–water partition coefficient (Wildman–Crippen LogP) is 5.98. The summed E-state index contributed by atoms with van der Waals surface area (Å²) >= 11 is 0. The van der Waals surface area contributed by atoms with Crippen LogP contribution < -0.4 is 4.74 Å². The molecule has 4 heteroatoms. The minimum absolute atomic E-state index is 0.0251. The second-order valence-electron chi connectivity index (χ2n) is 8.04. The van der Waals surface area contributed by atoms with Gasteiger partial charge in [-0.25, -0.2) is 0 Å². The fourth-order valence-corrected chi connectivity index (χ4v) is 2.48. The molecule has 24 heavy (non-hydrogen) atoms. The van der Waals surface area contributed by atoms with Crippen LogP contribution in [0.5, 0.6) is 11.5 Å². The zero-order valence-corrected chi connectivity index (χ0v) is 15.2. The molecule has 0 amide bonds. The molecule has 0 bridgehead atoms. The molecular weight excluding hydrogens is 302 g/mol. The minimum Gasteiger partial charge on any atom is -0.450 e. The van der Waals surface area contributed by atoms with Crippen LogP contribution >= 0.6 is 0 Å². The van der Waals surface area contributed by atoms with Crippen molar-refractivity contribution in [1.82, 2.24) is 0 Å². The molecule has 0 unspecified atom stereocenters. The number of rotatable bonds is 3. The van der Waals surface area contributed by atoms with Crippen molar-refractivity contribution in [3.05, 3.63) is 63.7 Å². The molecule has 2 aromatic carbocycles. The Hall–Kier alpha value is -2.36. The van der Waals surface area contributed by atoms with Crippen molar-refractivity contribution in [2.75, 3.05) is 0 Å². The minimum atomic E-state index is -0.421. The first-order valence-electron chi connectivity index (χ1n) is 8.06. The number of nitro groups is 1. The van der Waals surface area contributed by atoms with Gasteiger partial charge in [0, 0.05) is 11.6 Å². The van der Waals surface area contributed by atoms with Crippen molar-refractivity contribution in [1.29, 1.82) is 0 Å². The fourth-order valence-electron chi connectivity index (χ4n) is 2.48. The molecule has 0 fully saturated rings. The molecule has 0 aromatic heterocycles. The molecular formula is C20H25NO3. The lowest BCUT2D eigenvalue weighted by atomic mass is 9.80. The van der Waals surface area contributed by atoms with Gasteiger partial charge in [-0.1, -0.05) is 65.8 Å². The van der Waals surface area contributed by atoms with E-state index in [-0.39, 0.29) is 22.3 Å². The van der Waals surface area contributed by atoms with Gasteiger partial charge in [0.05, 0.1) is 4.92 Å². The molecule has 0 atom stereocenters. The topological polar surface area (TPSA) is 52.4 Å². The van der Waals surface area contributed by atoms with Gasteiger partial charge in [0.1, 0.15) is 5.75 Å². The first kappa shape index (κ1) is 18.0. The lowest BCUT2D eigenvalue weighted by molar-refractivity contribution is -0.385. The molecule has 4 nitrogen and oxygen atoms in total. The third-order valence-electron chi connectivity index (χ3n) is 3.94. The van der Waals surface area contributed by atoms with E-state index in [2.05, 4.69) is 47.6 Å². The largest absolute Gasteiger partial charge is 0.450 e. The number of nitro benzene ring substituents is 1. The molecule has 0 saturated carbocycles. The molecule has 0 radical (unpaired) electrons. The van der Waals surface area contributed by atoms with Crippen LogP contribution in [0.25, 0.3) is 0 Å². The molecule has 0 spiro atoms. The molecule has 0 aliphatic heterocycles. The predicted molar refractivity (Wildman–Crippen MR) is 97.0 cm³/mol. The Morgan fingerprint density at radius 2 is 1.50 bits per heavy atom. The third-order valence-corrected chi connectivity index (χ3v) is 3.94. The van der Waals surface area contributed by atoms with E-state index in [1.54, 1.807) is 18.2 Å². The maximum atomic E-state index is 11.2. The van der Waals surface area contributed by atoms with E-state index in [0.717, 1.165) is 5.56 Å². The van der Waals surface area contributed by atoms with Crippen LogP contribution in [0.3, 0.4) is 0 Å². The lowest BCUT2D eigenvalue weighted by Crippen LogP contribution is -2.17. The van der Waals surface area contributed by atoms with Crippen molar-refractivity contribution in [3.63, 3.8) is 0 Å². The van der Waals surface area contributed by atoms with Crippen LogP contribution in [-0.2, 0) is 10.8 Å². The maximum Gasteiger partial charge on any atom is 0.311 e. The highest BCUT2D eigenvalue weighted by Gasteiger charge is 2.24. The molecule has 2 rings (SSSR count). The van der Waals surface area contributed by atoms with Gasteiger partial charge < -0.3 is 4.74 Å². The van der Waals surface area contributed by atoms with Gasteiger partial charge in [-0.2, -0.15) is 0 Å². The van der Waals surface area contributed by atoms with Crippen LogP contribution in [0.2, 0.25) is 0 Å². The summed E-state index contributed by atoms with van der Waals surface area (Å²) in [4.78, 5) is 10.8. The highest BCUT2D eigenvalue weighted by atomic mass is 16.6. The van der Waals surface area contributed by atoms with Crippen LogP contribution in [0, 0.1) is 10.1 Å². The van der Waals surface area contributed by atoms with E-state index < -0.39 is 4.92 Å². The maximum absolute atomic E-state index is 11.2. The lowest BCUT2D eigenvalue weighted by Gasteiger charge is -2.27. The number of para-hydroxylation sites is 2. The van der Waals surface area contributed by atoms with Crippen molar-refractivity contribution >= 4 is 5.69 Å². The van der Waals surface area contributed by atoms with Crippen LogP contribution in [-0.4, -0.2) is 4.92 Å². The van der Waals surface area contributed by atoms with E-state index in [9.17, 15) is 10.1 Å². The van der Waals surface area contributed by atoms with Gasteiger partial charge in [-0.3, -0.25) is 10.1 Å². The van der Waals surface area contributed by atoms with Crippen LogP contribution in [0.1, 0.15) is 52.7 Å². The summed E-state index contributed by atoms with van der Waals surface area (Å²) in [7, 11) is 0. The standard InChI is InChI=1S/C20H25NO3/c1-19(2,3)14-11-12-17(15(13-14)20(4,5)6)24-18-10-8-7-9-16(18)21(22)23/h7-13H,1-6H3. The number of hydrogen-bond acceptors (Lipinski definition) is 3. The molecule has 0 aliphatic carbocycles. The van der Waals surface area contributed by atoms with Gasteiger partial charge in [0.15, 0.2) is 0 Å². The molecule has 2 aromatic rings. The summed E-state index contributed by atoms with van der Waals surface area (Å²) in [6.45, 7) is 12.8. The number of hydrogen-bond donors (Lipinski definition) is 0. The van der Waals surface area contributed by atoms with Gasteiger partial charge in [-0.05, 0) is 28.5 Å². The van der Waals surface area contributed by atoms with Gasteiger partial charge in [0.2, 0.25) is 5.75 Å². The average molecular weight is 327 g/mol. The van der Waals surface area contributed by atoms with Gasteiger partial charge >= 0.3 is 5.69 Å². The van der Waals surface area contributed by atoms with E-state index in [0.29, 0.717) is 5.75 Å². The SMILES string of the molecule is CC(C)(C)c1ccc(Oc2ccccc2[N+](=O)[O-])c(C(C)(C)C)c1. The first-order chi connectivity index (χ1) is 11.0. The summed E-state index contributed by atoms with van der Waals surface area (Å²) in [6, 6.07) is 12.5. The zero-order chi connectivity index (χ0) is 18.1. The Kier molecular flexibility index (Phi) is 4.70. The summed E-state index contributed by atoms with van der Waals surface area (Å²) in [6.07, 6.45) is 0. The Balaban J connectivity index is 2.54. The quantitative estimate of drug-likeness (QED) is 0.514. The van der Waals surface area contributed by atoms with Gasteiger partial charge in [0.25, 0.3) is 0 Å². The summed E-state index contributed by atoms with van der Waals surface area (Å²) in [5.74, 6) is 0.918. The Labute approximate surface area is 143 Å². The number of benzene rings is 2. The second-order valence-corrected chi connectivity index (χ2v) is 8.04. The van der Waals surface area contributed by atoms with E-state index in [4.69, 9.17) is 4.74 Å². The Bertz CT molecular complexity index is 752. The van der Waals surface area contributed by atoms with Crippen LogP contribution in [0.4, 0.5) is 5.69 Å². The van der Waals surface area contributed by atoms with Crippen molar-refractivity contribution in [3.8, 4) is 11.5 Å². The molecule has 0 heterocycles. The molecule has 0 saturated heterocycles. The van der Waals surface area contributed by atoms with E-state index in [1.807, 2.05) is 12.1 Å². The molecule has 0 aliphatic rings. The van der Waals surface area contributed by atoms with E-state index >= 15 is 0 Å². The number of ether oxygens (including phenoxy) is 1. The summed E-state index contributed by atoms with van der Waals surface area (Å²) in [5, 5.41) is 11.2. The monoisotopic (exact) mass is 327 g/mol. The zero-order valence-electron chi connectivity index (χ0n) is 15.2. The van der Waals surface area contributed by atoms with E-state index in [1.165, 1.54) is 11.6 Å². The van der Waals surface area contributed by atoms with Crippen molar-refractivity contribution in [2.24, 2.45) is 0 Å². The highest BCUT2D eigenvalue weighted by molar-refractivity contribution is 5.51. The Morgan fingerprint density at radius 3 is 2.04 bits per heavy atom. The normalized spacial score (nSPS) is 12.1. The van der Waals surface area contributed by atoms with Crippen molar-refractivity contribution < 1.29 is 9.66 Å². The smallest absolute Gasteiger partial charge is 0.311 e.